The van der Waals surface area contributed by atoms with Gasteiger partial charge < -0.3 is 0 Å². The van der Waals surface area contributed by atoms with Crippen molar-refractivity contribution in [1.82, 2.24) is 0 Å². The van der Waals surface area contributed by atoms with E-state index in [4.69, 9.17) is 5.14 Å². The molecular formula is C3H7N3S2. The first-order valence-electron chi connectivity index (χ1n) is 2.00. The summed E-state index contributed by atoms with van der Waals surface area (Å²) in [6, 6.07) is 0. The van der Waals surface area contributed by atoms with Crippen LogP contribution in [0.25, 0.3) is 0 Å². The van der Waals surface area contributed by atoms with Gasteiger partial charge in [-0.3, -0.25) is 5.14 Å². The zero-order valence-electron chi connectivity index (χ0n) is 4.44. The molecular weight excluding hydrogens is 142 g/mol. The van der Waals surface area contributed by atoms with Crippen LogP contribution in [0.4, 0.5) is 0 Å². The van der Waals surface area contributed by atoms with Crippen molar-refractivity contribution in [3.63, 3.8) is 0 Å². The van der Waals surface area contributed by atoms with E-state index >= 15 is 0 Å². The lowest BCUT2D eigenvalue weighted by Crippen LogP contribution is -2.00. The van der Waals surface area contributed by atoms with Crippen molar-refractivity contribution in [2.24, 2.45) is 14.5 Å². The molecule has 0 radical (unpaired) electrons. The van der Waals surface area contributed by atoms with Crippen LogP contribution in [0.5, 0.6) is 0 Å². The molecule has 1 atom stereocenters. The second kappa shape index (κ2) is 2.08. The van der Waals surface area contributed by atoms with E-state index in [1.54, 1.807) is 16.3 Å². The fourth-order valence-electron chi connectivity index (χ4n) is 0.329. The summed E-state index contributed by atoms with van der Waals surface area (Å²) >= 11 is 0. The molecule has 0 aromatic carbocycles. The van der Waals surface area contributed by atoms with Crippen molar-refractivity contribution in [3.05, 3.63) is 0 Å². The molecule has 0 spiro atoms. The lowest BCUT2D eigenvalue weighted by atomic mass is 11.3. The lowest BCUT2D eigenvalue weighted by molar-refractivity contribution is 1.80. The van der Waals surface area contributed by atoms with Gasteiger partial charge in [0.1, 0.15) is 6.34 Å². The second-order valence-electron chi connectivity index (χ2n) is 1.26. The monoisotopic (exact) mass is 149 g/mol. The van der Waals surface area contributed by atoms with Gasteiger partial charge >= 0.3 is 0 Å². The van der Waals surface area contributed by atoms with E-state index in [0.717, 1.165) is 0 Å². The first-order chi connectivity index (χ1) is 3.77. The van der Waals surface area contributed by atoms with Crippen LogP contribution in [0.3, 0.4) is 0 Å². The number of rotatable bonds is 1. The van der Waals surface area contributed by atoms with E-state index in [1.165, 1.54) is 6.34 Å². The highest BCUT2D eigenvalue weighted by Gasteiger charge is 2.13. The Bertz CT molecular complexity index is 129. The topological polar surface area (TPSA) is 50.7 Å². The van der Waals surface area contributed by atoms with Crippen LogP contribution in [0, 0.1) is 0 Å². The fraction of sp³-hybridized carbons (Fsp3) is 0.333. The van der Waals surface area contributed by atoms with Gasteiger partial charge in [-0.2, -0.15) is 4.40 Å². The Balaban J connectivity index is 2.69. The largest absolute Gasteiger partial charge is 0.265 e. The zero-order valence-corrected chi connectivity index (χ0v) is 6.08. The van der Waals surface area contributed by atoms with Crippen molar-refractivity contribution in [1.29, 1.82) is 0 Å². The van der Waals surface area contributed by atoms with Crippen molar-refractivity contribution < 1.29 is 0 Å². The maximum atomic E-state index is 5.66. The van der Waals surface area contributed by atoms with Crippen LogP contribution in [0.1, 0.15) is 0 Å². The summed E-state index contributed by atoms with van der Waals surface area (Å²) in [5, 5.41) is 5.66. The Morgan fingerprint density at radius 3 is 2.75 bits per heavy atom. The first kappa shape index (κ1) is 6.12. The molecule has 0 saturated carbocycles. The summed E-state index contributed by atoms with van der Waals surface area (Å²) in [6.45, 7) is 0. The smallest absolute Gasteiger partial charge is 0.125 e. The fourth-order valence-corrected chi connectivity index (χ4v) is 1.77. The SMILES string of the molecule is CSS1(N)C=NC=N1. The molecule has 0 bridgehead atoms. The average Bonchev–Trinajstić information content (AvgIpc) is 2.17. The molecule has 0 aromatic rings. The highest BCUT2D eigenvalue weighted by atomic mass is 33.2. The summed E-state index contributed by atoms with van der Waals surface area (Å²) in [4.78, 5) is 3.78. The van der Waals surface area contributed by atoms with Crippen molar-refractivity contribution in [2.75, 3.05) is 6.26 Å². The third kappa shape index (κ3) is 1.04. The quantitative estimate of drug-likeness (QED) is 0.564. The number of nitrogens with zero attached hydrogens (tertiary/aromatic N) is 2. The van der Waals surface area contributed by atoms with Gasteiger partial charge in [0.2, 0.25) is 0 Å². The highest BCUT2D eigenvalue weighted by molar-refractivity contribution is 8.97. The molecule has 2 N–H and O–H groups in total. The molecule has 0 amide bonds. The Morgan fingerprint density at radius 1 is 1.75 bits per heavy atom. The van der Waals surface area contributed by atoms with Crippen LogP contribution in [-0.4, -0.2) is 18.1 Å². The number of aliphatic imine (C=N–C) groups is 1. The molecule has 0 saturated heterocycles. The molecule has 3 nitrogen and oxygen atoms in total. The van der Waals surface area contributed by atoms with Gasteiger partial charge in [-0.05, 0) is 15.7 Å². The van der Waals surface area contributed by atoms with Gasteiger partial charge in [0.05, 0.1) is 5.55 Å². The van der Waals surface area contributed by atoms with Gasteiger partial charge in [-0.25, -0.2) is 4.99 Å². The normalized spacial score (nSPS) is 42.2. The van der Waals surface area contributed by atoms with Gasteiger partial charge in [0, 0.05) is 0 Å². The summed E-state index contributed by atoms with van der Waals surface area (Å²) < 4.78 is 3.96. The summed E-state index contributed by atoms with van der Waals surface area (Å²) in [6.07, 6.45) is 3.44. The predicted octanol–water partition coefficient (Wildman–Crippen LogP) is 0.928. The summed E-state index contributed by atoms with van der Waals surface area (Å²) in [5.41, 5.74) is 1.71. The number of hydrogen-bond acceptors (Lipinski definition) is 4. The minimum atomic E-state index is -1.35. The average molecular weight is 149 g/mol. The summed E-state index contributed by atoms with van der Waals surface area (Å²) in [7, 11) is 0.201. The molecule has 1 aliphatic rings. The maximum Gasteiger partial charge on any atom is 0.125 e. The van der Waals surface area contributed by atoms with Crippen molar-refractivity contribution >= 4 is 32.1 Å². The third-order valence-electron chi connectivity index (χ3n) is 0.757. The molecule has 1 aliphatic heterocycles. The van der Waals surface area contributed by atoms with Gasteiger partial charge in [0.25, 0.3) is 0 Å². The van der Waals surface area contributed by atoms with Crippen LogP contribution >= 0.6 is 20.2 Å². The van der Waals surface area contributed by atoms with Crippen LogP contribution in [0.15, 0.2) is 9.39 Å². The standard InChI is InChI=1S/C3H7N3S2/c1-7-8(4)3-5-2-6-8/h2-3H,4H2,1H3. The Labute approximate surface area is 53.4 Å². The van der Waals surface area contributed by atoms with E-state index in [-0.39, 0.29) is 0 Å². The Hall–Kier alpha value is -0.000000000000000111. The van der Waals surface area contributed by atoms with E-state index in [2.05, 4.69) is 9.39 Å². The Kier molecular flexibility index (Phi) is 1.59. The molecule has 5 heteroatoms. The van der Waals surface area contributed by atoms with Gasteiger partial charge in [-0.15, -0.1) is 0 Å². The van der Waals surface area contributed by atoms with Crippen LogP contribution in [-0.2, 0) is 0 Å². The highest BCUT2D eigenvalue weighted by Crippen LogP contribution is 2.51. The second-order valence-corrected chi connectivity index (χ2v) is 5.84. The van der Waals surface area contributed by atoms with Gasteiger partial charge in [-0.1, -0.05) is 10.8 Å². The van der Waals surface area contributed by atoms with Crippen LogP contribution in [0.2, 0.25) is 0 Å². The molecule has 0 fully saturated rings. The third-order valence-corrected chi connectivity index (χ3v) is 4.26. The van der Waals surface area contributed by atoms with Gasteiger partial charge in [0.15, 0.2) is 0 Å². The molecule has 0 aliphatic carbocycles. The summed E-state index contributed by atoms with van der Waals surface area (Å²) in [5.74, 6) is 0. The molecule has 8 heavy (non-hydrogen) atoms. The number of nitrogens with two attached hydrogens (primary N) is 1. The predicted molar refractivity (Wildman–Crippen MR) is 42.3 cm³/mol. The first-order valence-corrected chi connectivity index (χ1v) is 5.46. The molecule has 1 rings (SSSR count). The minimum absolute atomic E-state index is 1.35. The number of hydrogen-bond donors (Lipinski definition) is 1. The minimum Gasteiger partial charge on any atom is -0.265 e. The van der Waals surface area contributed by atoms with Crippen molar-refractivity contribution in [2.45, 2.75) is 0 Å². The lowest BCUT2D eigenvalue weighted by Gasteiger charge is -2.17. The van der Waals surface area contributed by atoms with E-state index in [0.29, 0.717) is 0 Å². The molecule has 0 aromatic heterocycles. The van der Waals surface area contributed by atoms with E-state index in [9.17, 15) is 0 Å². The Morgan fingerprint density at radius 2 is 2.50 bits per heavy atom. The van der Waals surface area contributed by atoms with Crippen molar-refractivity contribution in [3.8, 4) is 0 Å². The molecule has 1 heterocycles. The van der Waals surface area contributed by atoms with Crippen LogP contribution < -0.4 is 5.14 Å². The van der Waals surface area contributed by atoms with E-state index in [1.807, 2.05) is 6.26 Å². The molecule has 1 unspecified atom stereocenters. The molecule has 46 valence electrons. The zero-order chi connectivity index (χ0) is 6.04. The van der Waals surface area contributed by atoms with E-state index < -0.39 is 9.43 Å². The maximum absolute atomic E-state index is 5.66.